The Morgan fingerprint density at radius 2 is 2.16 bits per heavy atom. The molecule has 7 heteroatoms. The molecule has 0 bridgehead atoms. The molecule has 3 aromatic rings. The number of nitriles is 1. The van der Waals surface area contributed by atoms with Crippen molar-refractivity contribution in [2.75, 3.05) is 0 Å². The van der Waals surface area contributed by atoms with Gasteiger partial charge in [-0.3, -0.25) is 4.79 Å². The molecule has 0 aliphatic rings. The number of rotatable bonds is 3. The van der Waals surface area contributed by atoms with Crippen LogP contribution >= 0.6 is 11.3 Å². The van der Waals surface area contributed by atoms with Gasteiger partial charge in [0.1, 0.15) is 4.83 Å². The Balaban J connectivity index is 1.89. The van der Waals surface area contributed by atoms with Crippen LogP contribution in [0.25, 0.3) is 10.2 Å². The van der Waals surface area contributed by atoms with E-state index in [1.54, 1.807) is 25.1 Å². The largest absolute Gasteiger partial charge is 0.451 e. The van der Waals surface area contributed by atoms with Crippen molar-refractivity contribution in [3.63, 3.8) is 0 Å². The molecule has 0 unspecified atom stereocenters. The molecule has 0 aliphatic heterocycles. The zero-order chi connectivity index (χ0) is 18.1. The summed E-state index contributed by atoms with van der Waals surface area (Å²) >= 11 is 1.44. The van der Waals surface area contributed by atoms with Crippen molar-refractivity contribution in [1.29, 1.82) is 5.26 Å². The summed E-state index contributed by atoms with van der Waals surface area (Å²) < 4.78 is 5.39. The maximum atomic E-state index is 12.3. The number of ether oxygens (including phenoxy) is 1. The highest BCUT2D eigenvalue weighted by Crippen LogP contribution is 2.27. The van der Waals surface area contributed by atoms with E-state index >= 15 is 0 Å². The van der Waals surface area contributed by atoms with Crippen molar-refractivity contribution in [2.24, 2.45) is 0 Å². The van der Waals surface area contributed by atoms with E-state index in [0.717, 1.165) is 10.4 Å². The zero-order valence-corrected chi connectivity index (χ0v) is 14.7. The van der Waals surface area contributed by atoms with E-state index in [1.807, 2.05) is 19.9 Å². The van der Waals surface area contributed by atoms with Crippen molar-refractivity contribution in [2.45, 2.75) is 26.9 Å². The Morgan fingerprint density at radius 1 is 1.40 bits per heavy atom. The first kappa shape index (κ1) is 16.9. The monoisotopic (exact) mass is 353 g/mol. The minimum absolute atomic E-state index is 0.240. The molecule has 25 heavy (non-hydrogen) atoms. The molecule has 2 heterocycles. The van der Waals surface area contributed by atoms with Gasteiger partial charge in [-0.2, -0.15) is 5.26 Å². The molecular weight excluding hydrogens is 338 g/mol. The minimum atomic E-state index is -0.724. The number of carbonyl (C=O) groups excluding carboxylic acids is 1. The fourth-order valence-electron chi connectivity index (χ4n) is 2.46. The summed E-state index contributed by atoms with van der Waals surface area (Å²) in [4.78, 5) is 33.4. The number of aromatic nitrogens is 2. The van der Waals surface area contributed by atoms with Crippen molar-refractivity contribution in [3.8, 4) is 6.07 Å². The van der Waals surface area contributed by atoms with Crippen LogP contribution in [0.5, 0.6) is 0 Å². The van der Waals surface area contributed by atoms with Gasteiger partial charge in [0.15, 0.2) is 11.9 Å². The third-order valence-electron chi connectivity index (χ3n) is 3.95. The topological polar surface area (TPSA) is 95.8 Å². The van der Waals surface area contributed by atoms with E-state index in [2.05, 4.69) is 9.97 Å². The third-order valence-corrected chi connectivity index (χ3v) is 5.05. The fraction of sp³-hybridized carbons (Fsp3) is 0.222. The number of nitrogens with one attached hydrogen (secondary N) is 1. The third kappa shape index (κ3) is 3.16. The van der Waals surface area contributed by atoms with Crippen LogP contribution in [0.3, 0.4) is 0 Å². The number of fused-ring (bicyclic) bond motifs is 1. The highest BCUT2D eigenvalue weighted by atomic mass is 32.1. The lowest BCUT2D eigenvalue weighted by atomic mass is 10.1. The normalized spacial score (nSPS) is 11.9. The van der Waals surface area contributed by atoms with Gasteiger partial charge in [0.05, 0.1) is 22.6 Å². The van der Waals surface area contributed by atoms with Crippen molar-refractivity contribution < 1.29 is 9.53 Å². The molecule has 0 aliphatic carbocycles. The number of esters is 1. The van der Waals surface area contributed by atoms with E-state index in [1.165, 1.54) is 17.4 Å². The molecule has 2 aromatic heterocycles. The lowest BCUT2D eigenvalue weighted by Crippen LogP contribution is -2.17. The molecule has 126 valence electrons. The molecule has 0 saturated carbocycles. The average Bonchev–Trinajstić information content (AvgIpc) is 2.89. The van der Waals surface area contributed by atoms with Gasteiger partial charge in [-0.25, -0.2) is 9.78 Å². The van der Waals surface area contributed by atoms with Crippen LogP contribution in [0.1, 0.15) is 45.2 Å². The smallest absolute Gasteiger partial charge is 0.338 e. The van der Waals surface area contributed by atoms with Crippen molar-refractivity contribution in [3.05, 3.63) is 62.0 Å². The van der Waals surface area contributed by atoms with Gasteiger partial charge < -0.3 is 9.72 Å². The highest BCUT2D eigenvalue weighted by molar-refractivity contribution is 7.18. The van der Waals surface area contributed by atoms with Gasteiger partial charge in [-0.15, -0.1) is 11.3 Å². The van der Waals surface area contributed by atoms with E-state index in [4.69, 9.17) is 10.00 Å². The summed E-state index contributed by atoms with van der Waals surface area (Å²) in [6.45, 7) is 5.46. The molecule has 6 nitrogen and oxygen atoms in total. The van der Waals surface area contributed by atoms with Crippen LogP contribution in [0.15, 0.2) is 29.1 Å². The first-order valence-electron chi connectivity index (χ1n) is 7.61. The maximum absolute atomic E-state index is 12.3. The summed E-state index contributed by atoms with van der Waals surface area (Å²) in [5, 5.41) is 9.48. The Labute approximate surface area is 147 Å². The summed E-state index contributed by atoms with van der Waals surface area (Å²) in [5.74, 6) is -0.283. The maximum Gasteiger partial charge on any atom is 0.338 e. The highest BCUT2D eigenvalue weighted by Gasteiger charge is 2.19. The zero-order valence-electron chi connectivity index (χ0n) is 13.9. The van der Waals surface area contributed by atoms with Crippen LogP contribution in [-0.2, 0) is 4.74 Å². The number of benzene rings is 1. The molecular formula is C18H15N3O3S. The Morgan fingerprint density at radius 3 is 2.88 bits per heavy atom. The number of H-pyrrole nitrogens is 1. The summed E-state index contributed by atoms with van der Waals surface area (Å²) in [6, 6.07) is 8.23. The van der Waals surface area contributed by atoms with Crippen LogP contribution < -0.4 is 5.56 Å². The molecule has 0 radical (unpaired) electrons. The van der Waals surface area contributed by atoms with E-state index < -0.39 is 12.1 Å². The Kier molecular flexibility index (Phi) is 4.38. The number of hydrogen-bond acceptors (Lipinski definition) is 6. The predicted octanol–water partition coefficient (Wildman–Crippen LogP) is 3.39. The lowest BCUT2D eigenvalue weighted by Gasteiger charge is -2.12. The molecule has 0 spiro atoms. The molecule has 0 fully saturated rings. The standard InChI is InChI=1S/C18H15N3O3S/c1-9-11(3)25-17-14(9)16(22)20-15(21-17)10(2)24-18(23)13-6-4-5-12(7-13)8-19/h4-7,10H,1-3H3,(H,20,21,22)/t10-/m1/s1. The van der Waals surface area contributed by atoms with Gasteiger partial charge in [-0.1, -0.05) is 6.07 Å². The predicted molar refractivity (Wildman–Crippen MR) is 94.7 cm³/mol. The van der Waals surface area contributed by atoms with Gasteiger partial charge in [0, 0.05) is 4.88 Å². The van der Waals surface area contributed by atoms with Crippen LogP contribution in [0, 0.1) is 25.2 Å². The SMILES string of the molecule is Cc1sc2nc([C@@H](C)OC(=O)c3cccc(C#N)c3)[nH]c(=O)c2c1C. The fourth-order valence-corrected chi connectivity index (χ4v) is 3.50. The second kappa shape index (κ2) is 6.49. The molecule has 0 amide bonds. The number of hydrogen-bond donors (Lipinski definition) is 1. The number of thiophene rings is 1. The second-order valence-electron chi connectivity index (χ2n) is 5.65. The quantitative estimate of drug-likeness (QED) is 0.728. The lowest BCUT2D eigenvalue weighted by molar-refractivity contribution is 0.0320. The van der Waals surface area contributed by atoms with Gasteiger partial charge >= 0.3 is 5.97 Å². The van der Waals surface area contributed by atoms with E-state index in [-0.39, 0.29) is 11.1 Å². The van der Waals surface area contributed by atoms with Crippen LogP contribution in [-0.4, -0.2) is 15.9 Å². The summed E-state index contributed by atoms with van der Waals surface area (Å²) in [7, 11) is 0. The van der Waals surface area contributed by atoms with Gasteiger partial charge in [0.2, 0.25) is 0 Å². The van der Waals surface area contributed by atoms with Crippen LogP contribution in [0.2, 0.25) is 0 Å². The second-order valence-corrected chi connectivity index (χ2v) is 6.86. The van der Waals surface area contributed by atoms with Crippen molar-refractivity contribution in [1.82, 2.24) is 9.97 Å². The first-order valence-corrected chi connectivity index (χ1v) is 8.43. The van der Waals surface area contributed by atoms with Gasteiger partial charge in [0.25, 0.3) is 5.56 Å². The summed E-state index contributed by atoms with van der Waals surface area (Å²) in [6.07, 6.45) is -0.724. The molecule has 1 atom stereocenters. The molecule has 1 N–H and O–H groups in total. The van der Waals surface area contributed by atoms with Crippen molar-refractivity contribution >= 4 is 27.5 Å². The number of carbonyl (C=O) groups is 1. The Hall–Kier alpha value is -2.98. The minimum Gasteiger partial charge on any atom is -0.451 e. The summed E-state index contributed by atoms with van der Waals surface area (Å²) in [5.41, 5.74) is 1.33. The van der Waals surface area contributed by atoms with E-state index in [9.17, 15) is 9.59 Å². The van der Waals surface area contributed by atoms with Crippen LogP contribution in [0.4, 0.5) is 0 Å². The molecule has 3 rings (SSSR count). The first-order chi connectivity index (χ1) is 11.9. The number of aromatic amines is 1. The molecule has 0 saturated heterocycles. The number of aryl methyl sites for hydroxylation is 2. The number of nitrogens with zero attached hydrogens (tertiary/aromatic N) is 2. The van der Waals surface area contributed by atoms with E-state index in [0.29, 0.717) is 21.6 Å². The van der Waals surface area contributed by atoms with Gasteiger partial charge in [-0.05, 0) is 44.5 Å². The molecule has 1 aromatic carbocycles. The Bertz CT molecular complexity index is 1080. The average molecular weight is 353 g/mol.